The van der Waals surface area contributed by atoms with E-state index in [1.165, 1.54) is 30.5 Å². The Labute approximate surface area is 78.2 Å². The summed E-state index contributed by atoms with van der Waals surface area (Å²) in [5, 5.41) is 0. The van der Waals surface area contributed by atoms with Crippen molar-refractivity contribution in [2.75, 3.05) is 0 Å². The van der Waals surface area contributed by atoms with Crippen molar-refractivity contribution in [3.63, 3.8) is 0 Å². The zero-order valence-corrected chi connectivity index (χ0v) is 9.42. The Kier molecular flexibility index (Phi) is 5.92. The zero-order valence-electron chi connectivity index (χ0n) is 8.01. The van der Waals surface area contributed by atoms with Crippen LogP contribution in [0, 0.1) is 6.92 Å². The smallest absolute Gasteiger partial charge is 0.0404 e. The Morgan fingerprint density at radius 1 is 1.42 bits per heavy atom. The zero-order chi connectivity index (χ0) is 8.10. The number of hydrogen-bond donors (Lipinski definition) is 0. The van der Waals surface area contributed by atoms with Gasteiger partial charge in [0.05, 0.1) is 0 Å². The molecule has 0 radical (unpaired) electrons. The van der Waals surface area contributed by atoms with Gasteiger partial charge in [-0.1, -0.05) is 19.4 Å². The first-order chi connectivity index (χ1) is 5.34. The molecule has 1 rings (SSSR count). The second-order valence-electron chi connectivity index (χ2n) is 2.85. The lowest BCUT2D eigenvalue weighted by Crippen LogP contribution is -1.91. The second kappa shape index (κ2) is 6.14. The van der Waals surface area contributed by atoms with Crippen LogP contribution in [0.15, 0.2) is 18.3 Å². The molecule has 0 saturated carbocycles. The van der Waals surface area contributed by atoms with Gasteiger partial charge in [0.2, 0.25) is 0 Å². The quantitative estimate of drug-likeness (QED) is 0.656. The summed E-state index contributed by atoms with van der Waals surface area (Å²) in [6, 6.07) is 4.18. The molecule has 0 aliphatic heterocycles. The molecule has 1 heterocycles. The van der Waals surface area contributed by atoms with Crippen LogP contribution in [0.25, 0.3) is 0 Å². The summed E-state index contributed by atoms with van der Waals surface area (Å²) in [6.07, 6.45) is 5.56. The van der Waals surface area contributed by atoms with E-state index in [-0.39, 0.29) is 9.90 Å². The van der Waals surface area contributed by atoms with Crippen molar-refractivity contribution in [2.45, 2.75) is 33.1 Å². The van der Waals surface area contributed by atoms with Crippen LogP contribution in [0.2, 0.25) is 0 Å². The molecule has 0 saturated heterocycles. The Morgan fingerprint density at radius 3 is 2.75 bits per heavy atom. The Bertz CT molecular complexity index is 223. The normalized spacial score (nSPS) is 9.17. The maximum Gasteiger partial charge on any atom is 0.0404 e. The van der Waals surface area contributed by atoms with Gasteiger partial charge in [-0.15, -0.1) is 0 Å². The predicted octanol–water partition coefficient (Wildman–Crippen LogP) is 2.79. The van der Waals surface area contributed by atoms with E-state index in [1.807, 2.05) is 12.3 Å². The maximum atomic E-state index is 4.23. The molecular weight excluding hydrogens is 165 g/mol. The van der Waals surface area contributed by atoms with Crippen LogP contribution >= 0.6 is 9.90 Å². The third kappa shape index (κ3) is 3.32. The van der Waals surface area contributed by atoms with Crippen molar-refractivity contribution in [1.29, 1.82) is 0 Å². The van der Waals surface area contributed by atoms with Gasteiger partial charge in [0.25, 0.3) is 0 Å². The van der Waals surface area contributed by atoms with Crippen molar-refractivity contribution in [1.82, 2.24) is 4.98 Å². The molecule has 12 heavy (non-hydrogen) atoms. The summed E-state index contributed by atoms with van der Waals surface area (Å²) in [4.78, 5) is 4.23. The molecule has 0 aliphatic rings. The van der Waals surface area contributed by atoms with Crippen molar-refractivity contribution in [2.24, 2.45) is 0 Å². The Hall–Kier alpha value is -0.420. The number of hydrogen-bond acceptors (Lipinski definition) is 1. The molecule has 68 valence electrons. The molecular formula is C10H18NP. The molecule has 1 unspecified atom stereocenters. The third-order valence-electron chi connectivity index (χ3n) is 1.92. The van der Waals surface area contributed by atoms with E-state index in [2.05, 4.69) is 24.9 Å². The molecule has 0 aromatic carbocycles. The minimum Gasteiger partial charge on any atom is -0.261 e. The first-order valence-electron chi connectivity index (χ1n) is 4.25. The molecule has 1 aromatic heterocycles. The van der Waals surface area contributed by atoms with E-state index in [0.29, 0.717) is 0 Å². The molecule has 1 atom stereocenters. The lowest BCUT2D eigenvalue weighted by Gasteiger charge is -2.01. The van der Waals surface area contributed by atoms with Crippen LogP contribution < -0.4 is 0 Å². The van der Waals surface area contributed by atoms with Crippen LogP contribution in [-0.2, 0) is 6.42 Å². The highest BCUT2D eigenvalue weighted by molar-refractivity contribution is 6.92. The van der Waals surface area contributed by atoms with Crippen molar-refractivity contribution < 1.29 is 0 Å². The molecule has 0 amide bonds. The van der Waals surface area contributed by atoms with Crippen molar-refractivity contribution in [3.8, 4) is 0 Å². The lowest BCUT2D eigenvalue weighted by atomic mass is 10.1. The fraction of sp³-hybridized carbons (Fsp3) is 0.500. The van der Waals surface area contributed by atoms with Crippen molar-refractivity contribution >= 4 is 9.90 Å². The first-order valence-corrected chi connectivity index (χ1v) is 4.25. The van der Waals surface area contributed by atoms with E-state index in [1.54, 1.807) is 0 Å². The Morgan fingerprint density at radius 2 is 2.17 bits per heavy atom. The molecule has 2 heteroatoms. The topological polar surface area (TPSA) is 12.9 Å². The number of rotatable bonds is 3. The molecule has 1 nitrogen and oxygen atoms in total. The highest BCUT2D eigenvalue weighted by Crippen LogP contribution is 2.07. The van der Waals surface area contributed by atoms with E-state index in [0.717, 1.165) is 0 Å². The average molecular weight is 183 g/mol. The minimum atomic E-state index is 0. The SMILES string of the molecule is CCCCc1cccnc1C.P. The van der Waals surface area contributed by atoms with Crippen LogP contribution in [0.4, 0.5) is 0 Å². The predicted molar refractivity (Wildman–Crippen MR) is 58.7 cm³/mol. The summed E-state index contributed by atoms with van der Waals surface area (Å²) < 4.78 is 0. The van der Waals surface area contributed by atoms with Gasteiger partial charge < -0.3 is 0 Å². The number of aromatic nitrogens is 1. The van der Waals surface area contributed by atoms with Crippen LogP contribution in [0.5, 0.6) is 0 Å². The van der Waals surface area contributed by atoms with Gasteiger partial charge in [-0.2, -0.15) is 9.90 Å². The van der Waals surface area contributed by atoms with Gasteiger partial charge >= 0.3 is 0 Å². The van der Waals surface area contributed by atoms with Gasteiger partial charge in [-0.25, -0.2) is 0 Å². The van der Waals surface area contributed by atoms with E-state index in [9.17, 15) is 0 Å². The summed E-state index contributed by atoms with van der Waals surface area (Å²) in [7, 11) is 0. The van der Waals surface area contributed by atoms with Crippen LogP contribution in [-0.4, -0.2) is 4.98 Å². The largest absolute Gasteiger partial charge is 0.261 e. The summed E-state index contributed by atoms with van der Waals surface area (Å²) in [5.41, 5.74) is 2.58. The molecule has 0 fully saturated rings. The van der Waals surface area contributed by atoms with Gasteiger partial charge in [0.15, 0.2) is 0 Å². The summed E-state index contributed by atoms with van der Waals surface area (Å²) in [6.45, 7) is 4.29. The molecule has 1 aromatic rings. The number of aryl methyl sites for hydroxylation is 2. The lowest BCUT2D eigenvalue weighted by molar-refractivity contribution is 0.786. The standard InChI is InChI=1S/C10H15N.H3P/c1-3-4-6-10-7-5-8-11-9(10)2;/h5,7-8H,3-4,6H2,1-2H3;1H3. The molecule has 0 bridgehead atoms. The number of nitrogens with zero attached hydrogens (tertiary/aromatic N) is 1. The summed E-state index contributed by atoms with van der Waals surface area (Å²) in [5.74, 6) is 0. The Balaban J connectivity index is 0.00000121. The minimum absolute atomic E-state index is 0. The fourth-order valence-electron chi connectivity index (χ4n) is 1.15. The molecule has 0 aliphatic carbocycles. The monoisotopic (exact) mass is 183 g/mol. The highest BCUT2D eigenvalue weighted by atomic mass is 31.0. The number of unbranched alkanes of at least 4 members (excludes halogenated alkanes) is 1. The number of pyridine rings is 1. The maximum absolute atomic E-state index is 4.23. The van der Waals surface area contributed by atoms with E-state index in [4.69, 9.17) is 0 Å². The van der Waals surface area contributed by atoms with Gasteiger partial charge in [-0.05, 0) is 31.4 Å². The molecule has 0 spiro atoms. The van der Waals surface area contributed by atoms with E-state index < -0.39 is 0 Å². The van der Waals surface area contributed by atoms with Gasteiger partial charge in [0.1, 0.15) is 0 Å². The van der Waals surface area contributed by atoms with E-state index >= 15 is 0 Å². The summed E-state index contributed by atoms with van der Waals surface area (Å²) >= 11 is 0. The van der Waals surface area contributed by atoms with Gasteiger partial charge in [0, 0.05) is 11.9 Å². The average Bonchev–Trinajstić information content (AvgIpc) is 2.03. The second-order valence-corrected chi connectivity index (χ2v) is 2.85. The van der Waals surface area contributed by atoms with Crippen molar-refractivity contribution in [3.05, 3.63) is 29.6 Å². The third-order valence-corrected chi connectivity index (χ3v) is 1.92. The van der Waals surface area contributed by atoms with Crippen LogP contribution in [0.1, 0.15) is 31.0 Å². The highest BCUT2D eigenvalue weighted by Gasteiger charge is 1.95. The molecule has 0 N–H and O–H groups in total. The van der Waals surface area contributed by atoms with Gasteiger partial charge in [-0.3, -0.25) is 4.98 Å². The fourth-order valence-corrected chi connectivity index (χ4v) is 1.15. The first kappa shape index (κ1) is 11.6. The van der Waals surface area contributed by atoms with Crippen LogP contribution in [0.3, 0.4) is 0 Å².